The van der Waals surface area contributed by atoms with Crippen LogP contribution >= 0.6 is 11.6 Å². The molecule has 5 rings (SSSR count). The number of hydrogen-bond donors (Lipinski definition) is 1. The van der Waals surface area contributed by atoms with Crippen LogP contribution in [0.4, 0.5) is 0 Å². The summed E-state index contributed by atoms with van der Waals surface area (Å²) >= 11 is 6.47. The van der Waals surface area contributed by atoms with Crippen molar-refractivity contribution in [2.45, 2.75) is 25.3 Å². The minimum absolute atomic E-state index is 0.138. The topological polar surface area (TPSA) is 65.4 Å². The van der Waals surface area contributed by atoms with E-state index < -0.39 is 0 Å². The summed E-state index contributed by atoms with van der Waals surface area (Å²) in [6, 6.07) is 11.7. The van der Waals surface area contributed by atoms with E-state index in [1.54, 1.807) is 18.9 Å². The number of ether oxygens (including phenoxy) is 2. The fraction of sp³-hybridized carbons (Fsp3) is 0.273. The third-order valence-corrected chi connectivity index (χ3v) is 5.74. The van der Waals surface area contributed by atoms with Crippen LogP contribution in [0.1, 0.15) is 34.5 Å². The number of rotatable bonds is 5. The molecule has 0 radical (unpaired) electrons. The van der Waals surface area contributed by atoms with Crippen LogP contribution in [-0.2, 0) is 6.42 Å². The van der Waals surface area contributed by atoms with E-state index in [-0.39, 0.29) is 11.9 Å². The lowest BCUT2D eigenvalue weighted by atomic mass is 10.1. The van der Waals surface area contributed by atoms with Gasteiger partial charge in [0.2, 0.25) is 0 Å². The summed E-state index contributed by atoms with van der Waals surface area (Å²) in [7, 11) is 3.23. The molecule has 0 atom stereocenters. The Morgan fingerprint density at radius 1 is 1.17 bits per heavy atom. The smallest absolute Gasteiger partial charge is 0.272 e. The number of methoxy groups -OCH3 is 2. The molecular formula is C22H20ClN3O3. The molecule has 1 N–H and O–H groups in total. The first-order chi connectivity index (χ1) is 14.1. The third kappa shape index (κ3) is 2.95. The number of carbonyl (C=O) groups excluding carboxylic acids is 1. The molecule has 0 spiro atoms. The SMILES string of the molecule is COc1cc2c(cc1OC)-c1c(c(C(=O)NC3CC3)nn1-c1ccccc1Cl)C2. The average Bonchev–Trinajstić information content (AvgIpc) is 3.35. The zero-order valence-corrected chi connectivity index (χ0v) is 16.9. The van der Waals surface area contributed by atoms with E-state index in [2.05, 4.69) is 10.4 Å². The molecule has 1 aromatic heterocycles. The predicted molar refractivity (Wildman–Crippen MR) is 110 cm³/mol. The first kappa shape index (κ1) is 18.1. The summed E-state index contributed by atoms with van der Waals surface area (Å²) in [6.45, 7) is 0. The van der Waals surface area contributed by atoms with Gasteiger partial charge in [-0.15, -0.1) is 0 Å². The second kappa shape index (κ2) is 6.81. The Balaban J connectivity index is 1.72. The van der Waals surface area contributed by atoms with Crippen LogP contribution in [0.2, 0.25) is 5.02 Å². The molecule has 1 fully saturated rings. The monoisotopic (exact) mass is 409 g/mol. The van der Waals surface area contributed by atoms with Crippen LogP contribution < -0.4 is 14.8 Å². The van der Waals surface area contributed by atoms with Crippen LogP contribution in [0.5, 0.6) is 11.5 Å². The van der Waals surface area contributed by atoms with Gasteiger partial charge in [-0.3, -0.25) is 4.79 Å². The van der Waals surface area contributed by atoms with E-state index in [1.165, 1.54) is 0 Å². The van der Waals surface area contributed by atoms with Crippen molar-refractivity contribution in [3.8, 4) is 28.4 Å². The standard InChI is InChI=1S/C22H20ClN3O3/c1-28-18-10-12-9-15-20(22(27)24-13-7-8-13)25-26(17-6-4-3-5-16(17)23)21(15)14(12)11-19(18)29-2/h3-6,10-11,13H,7-9H2,1-2H3,(H,24,27). The fourth-order valence-corrected chi connectivity index (χ4v) is 4.05. The zero-order valence-electron chi connectivity index (χ0n) is 16.2. The highest BCUT2D eigenvalue weighted by atomic mass is 35.5. The summed E-state index contributed by atoms with van der Waals surface area (Å²) in [5.41, 5.74) is 4.98. The summed E-state index contributed by atoms with van der Waals surface area (Å²) < 4.78 is 12.7. The molecule has 6 nitrogen and oxygen atoms in total. The molecular weight excluding hydrogens is 390 g/mol. The molecule has 0 unspecified atom stereocenters. The van der Waals surface area contributed by atoms with Crippen molar-refractivity contribution in [3.63, 3.8) is 0 Å². The highest BCUT2D eigenvalue weighted by Gasteiger charge is 2.34. The van der Waals surface area contributed by atoms with Gasteiger partial charge in [0.1, 0.15) is 0 Å². The number of aromatic nitrogens is 2. The van der Waals surface area contributed by atoms with E-state index in [4.69, 9.17) is 21.1 Å². The number of nitrogens with one attached hydrogen (secondary N) is 1. The Morgan fingerprint density at radius 2 is 1.90 bits per heavy atom. The van der Waals surface area contributed by atoms with Crippen molar-refractivity contribution in [1.82, 2.24) is 15.1 Å². The number of hydrogen-bond acceptors (Lipinski definition) is 4. The predicted octanol–water partition coefficient (Wildman–Crippen LogP) is 4.01. The second-order valence-corrected chi connectivity index (χ2v) is 7.74. The Kier molecular flexibility index (Phi) is 4.24. The number of amides is 1. The quantitative estimate of drug-likeness (QED) is 0.541. The number of benzene rings is 2. The van der Waals surface area contributed by atoms with Gasteiger partial charge in [-0.25, -0.2) is 4.68 Å². The van der Waals surface area contributed by atoms with Crippen LogP contribution in [0.3, 0.4) is 0 Å². The summed E-state index contributed by atoms with van der Waals surface area (Å²) in [4.78, 5) is 12.9. The maximum atomic E-state index is 12.9. The largest absolute Gasteiger partial charge is 0.493 e. The van der Waals surface area contributed by atoms with E-state index in [0.29, 0.717) is 28.6 Å². The lowest BCUT2D eigenvalue weighted by molar-refractivity contribution is 0.0945. The maximum absolute atomic E-state index is 12.9. The molecule has 0 bridgehead atoms. The van der Waals surface area contributed by atoms with Crippen molar-refractivity contribution in [2.24, 2.45) is 0 Å². The Hall–Kier alpha value is -2.99. The summed E-state index contributed by atoms with van der Waals surface area (Å²) in [5.74, 6) is 1.16. The van der Waals surface area contributed by atoms with E-state index in [0.717, 1.165) is 40.9 Å². The van der Waals surface area contributed by atoms with Gasteiger partial charge in [0.05, 0.1) is 30.6 Å². The molecule has 0 aliphatic heterocycles. The lowest BCUT2D eigenvalue weighted by Gasteiger charge is -2.13. The molecule has 2 aromatic carbocycles. The first-order valence-corrected chi connectivity index (χ1v) is 9.91. The average molecular weight is 410 g/mol. The zero-order chi connectivity index (χ0) is 20.1. The van der Waals surface area contributed by atoms with E-state index >= 15 is 0 Å². The van der Waals surface area contributed by atoms with Gasteiger partial charge >= 0.3 is 0 Å². The third-order valence-electron chi connectivity index (χ3n) is 5.42. The number of carbonyl (C=O) groups is 1. The van der Waals surface area contributed by atoms with Gasteiger partial charge in [0.15, 0.2) is 17.2 Å². The molecule has 29 heavy (non-hydrogen) atoms. The molecule has 148 valence electrons. The Morgan fingerprint density at radius 3 is 2.59 bits per heavy atom. The molecule has 1 heterocycles. The number of nitrogens with zero attached hydrogens (tertiary/aromatic N) is 2. The van der Waals surface area contributed by atoms with Crippen molar-refractivity contribution in [2.75, 3.05) is 14.2 Å². The van der Waals surface area contributed by atoms with Crippen molar-refractivity contribution in [1.29, 1.82) is 0 Å². The van der Waals surface area contributed by atoms with Gasteiger partial charge in [-0.2, -0.15) is 5.10 Å². The molecule has 1 amide bonds. The van der Waals surface area contributed by atoms with Gasteiger partial charge < -0.3 is 14.8 Å². The Bertz CT molecular complexity index is 1130. The maximum Gasteiger partial charge on any atom is 0.272 e. The van der Waals surface area contributed by atoms with Crippen molar-refractivity contribution >= 4 is 17.5 Å². The first-order valence-electron chi connectivity index (χ1n) is 9.53. The highest BCUT2D eigenvalue weighted by molar-refractivity contribution is 6.32. The summed E-state index contributed by atoms with van der Waals surface area (Å²) in [5, 5.41) is 8.31. The fourth-order valence-electron chi connectivity index (χ4n) is 3.83. The van der Waals surface area contributed by atoms with Crippen LogP contribution in [0, 0.1) is 0 Å². The van der Waals surface area contributed by atoms with Gasteiger partial charge in [0, 0.05) is 23.6 Å². The van der Waals surface area contributed by atoms with Gasteiger partial charge in [0.25, 0.3) is 5.91 Å². The van der Waals surface area contributed by atoms with E-state index in [9.17, 15) is 4.79 Å². The highest BCUT2D eigenvalue weighted by Crippen LogP contribution is 2.45. The van der Waals surface area contributed by atoms with Crippen molar-refractivity contribution in [3.05, 3.63) is 58.2 Å². The molecule has 1 saturated carbocycles. The van der Waals surface area contributed by atoms with Crippen LogP contribution in [0.15, 0.2) is 36.4 Å². The van der Waals surface area contributed by atoms with Gasteiger partial charge in [-0.1, -0.05) is 23.7 Å². The molecule has 2 aliphatic rings. The molecule has 0 saturated heterocycles. The van der Waals surface area contributed by atoms with E-state index in [1.807, 2.05) is 36.4 Å². The number of halogens is 1. The molecule has 7 heteroatoms. The number of fused-ring (bicyclic) bond motifs is 3. The summed E-state index contributed by atoms with van der Waals surface area (Å²) in [6.07, 6.45) is 2.64. The van der Waals surface area contributed by atoms with Crippen LogP contribution in [0.25, 0.3) is 16.9 Å². The number of para-hydroxylation sites is 1. The minimum atomic E-state index is -0.138. The molecule has 3 aromatic rings. The normalized spacial score (nSPS) is 14.3. The van der Waals surface area contributed by atoms with Crippen molar-refractivity contribution < 1.29 is 14.3 Å². The van der Waals surface area contributed by atoms with Gasteiger partial charge in [-0.05, 0) is 42.7 Å². The molecule has 2 aliphatic carbocycles. The minimum Gasteiger partial charge on any atom is -0.493 e. The van der Waals surface area contributed by atoms with Crippen LogP contribution in [-0.4, -0.2) is 35.9 Å². The lowest BCUT2D eigenvalue weighted by Crippen LogP contribution is -2.26. The second-order valence-electron chi connectivity index (χ2n) is 7.33. The Labute approximate surface area is 173 Å².